The van der Waals surface area contributed by atoms with Crippen LogP contribution in [0.1, 0.15) is 28.8 Å². The lowest BCUT2D eigenvalue weighted by molar-refractivity contribution is 0.0703. The molecule has 2 N–H and O–H groups in total. The lowest BCUT2D eigenvalue weighted by Crippen LogP contribution is -2.43. The lowest BCUT2D eigenvalue weighted by atomic mass is 10.0. The number of piperidine rings is 1. The number of rotatable bonds is 2. The SMILES string of the molecule is Cc1ccc(C(=O)N(C)C2CCNCC2)cc1O. The van der Waals surface area contributed by atoms with Gasteiger partial charge in [0.1, 0.15) is 5.75 Å². The molecular formula is C14H20N2O2. The number of hydrogen-bond donors (Lipinski definition) is 2. The molecular weight excluding hydrogens is 228 g/mol. The summed E-state index contributed by atoms with van der Waals surface area (Å²) in [4.78, 5) is 14.1. The third kappa shape index (κ3) is 2.64. The van der Waals surface area contributed by atoms with Crippen molar-refractivity contribution in [2.75, 3.05) is 20.1 Å². The van der Waals surface area contributed by atoms with Gasteiger partial charge in [0.25, 0.3) is 5.91 Å². The van der Waals surface area contributed by atoms with E-state index >= 15 is 0 Å². The number of phenolic OH excluding ortho intramolecular Hbond substituents is 1. The summed E-state index contributed by atoms with van der Waals surface area (Å²) >= 11 is 0. The van der Waals surface area contributed by atoms with Crippen LogP contribution in [0.2, 0.25) is 0 Å². The van der Waals surface area contributed by atoms with Crippen molar-refractivity contribution in [3.8, 4) is 5.75 Å². The molecule has 0 aliphatic carbocycles. The number of phenols is 1. The average Bonchev–Trinajstić information content (AvgIpc) is 2.41. The molecule has 1 aromatic rings. The van der Waals surface area contributed by atoms with Crippen molar-refractivity contribution in [3.05, 3.63) is 29.3 Å². The van der Waals surface area contributed by atoms with Crippen LogP contribution in [-0.4, -0.2) is 42.1 Å². The highest BCUT2D eigenvalue weighted by molar-refractivity contribution is 5.94. The maximum Gasteiger partial charge on any atom is 0.253 e. The second-order valence-electron chi connectivity index (χ2n) is 4.90. The summed E-state index contributed by atoms with van der Waals surface area (Å²) in [5.74, 6) is 0.164. The van der Waals surface area contributed by atoms with Gasteiger partial charge in [0.15, 0.2) is 0 Å². The number of amides is 1. The van der Waals surface area contributed by atoms with E-state index in [0.29, 0.717) is 11.6 Å². The van der Waals surface area contributed by atoms with Gasteiger partial charge in [0, 0.05) is 18.7 Å². The van der Waals surface area contributed by atoms with Gasteiger partial charge in [-0.05, 0) is 50.6 Å². The second-order valence-corrected chi connectivity index (χ2v) is 4.90. The van der Waals surface area contributed by atoms with Crippen molar-refractivity contribution in [1.82, 2.24) is 10.2 Å². The van der Waals surface area contributed by atoms with Crippen molar-refractivity contribution < 1.29 is 9.90 Å². The number of aromatic hydroxyl groups is 1. The monoisotopic (exact) mass is 248 g/mol. The fraction of sp³-hybridized carbons (Fsp3) is 0.500. The van der Waals surface area contributed by atoms with Crippen LogP contribution in [0.3, 0.4) is 0 Å². The van der Waals surface area contributed by atoms with E-state index < -0.39 is 0 Å². The first-order valence-electron chi connectivity index (χ1n) is 6.37. The van der Waals surface area contributed by atoms with Crippen LogP contribution in [0.25, 0.3) is 0 Å². The van der Waals surface area contributed by atoms with Gasteiger partial charge in [-0.3, -0.25) is 4.79 Å². The molecule has 1 fully saturated rings. The third-order valence-electron chi connectivity index (χ3n) is 3.63. The minimum absolute atomic E-state index is 0.0165. The maximum absolute atomic E-state index is 12.3. The Labute approximate surface area is 108 Å². The Bertz CT molecular complexity index is 439. The zero-order valence-electron chi connectivity index (χ0n) is 10.9. The molecule has 1 saturated heterocycles. The molecule has 0 aromatic heterocycles. The number of carbonyl (C=O) groups is 1. The van der Waals surface area contributed by atoms with Crippen molar-refractivity contribution >= 4 is 5.91 Å². The minimum atomic E-state index is -0.0165. The molecule has 0 spiro atoms. The molecule has 0 radical (unpaired) electrons. The molecule has 18 heavy (non-hydrogen) atoms. The summed E-state index contributed by atoms with van der Waals surface area (Å²) < 4.78 is 0. The van der Waals surface area contributed by atoms with Crippen LogP contribution >= 0.6 is 0 Å². The summed E-state index contributed by atoms with van der Waals surface area (Å²) in [6, 6.07) is 5.39. The molecule has 98 valence electrons. The Balaban J connectivity index is 2.11. The lowest BCUT2D eigenvalue weighted by Gasteiger charge is -2.31. The molecule has 1 aromatic carbocycles. The van der Waals surface area contributed by atoms with Gasteiger partial charge in [0.05, 0.1) is 0 Å². The van der Waals surface area contributed by atoms with Gasteiger partial charge < -0.3 is 15.3 Å². The van der Waals surface area contributed by atoms with E-state index in [2.05, 4.69) is 5.32 Å². The van der Waals surface area contributed by atoms with Crippen molar-refractivity contribution in [2.45, 2.75) is 25.8 Å². The molecule has 1 amide bonds. The van der Waals surface area contributed by atoms with Gasteiger partial charge in [-0.25, -0.2) is 0 Å². The van der Waals surface area contributed by atoms with Crippen LogP contribution in [-0.2, 0) is 0 Å². The topological polar surface area (TPSA) is 52.6 Å². The van der Waals surface area contributed by atoms with E-state index in [-0.39, 0.29) is 11.7 Å². The Hall–Kier alpha value is -1.55. The molecule has 2 rings (SSSR count). The largest absolute Gasteiger partial charge is 0.508 e. The van der Waals surface area contributed by atoms with Crippen LogP contribution in [0.4, 0.5) is 0 Å². The summed E-state index contributed by atoms with van der Waals surface area (Å²) in [6.07, 6.45) is 1.97. The summed E-state index contributed by atoms with van der Waals surface area (Å²) in [5.41, 5.74) is 1.34. The average molecular weight is 248 g/mol. The van der Waals surface area contributed by atoms with Crippen LogP contribution in [0.5, 0.6) is 5.75 Å². The van der Waals surface area contributed by atoms with Gasteiger partial charge in [-0.2, -0.15) is 0 Å². The predicted molar refractivity (Wildman–Crippen MR) is 70.8 cm³/mol. The first kappa shape index (κ1) is 12.9. The van der Waals surface area contributed by atoms with Crippen LogP contribution in [0.15, 0.2) is 18.2 Å². The summed E-state index contributed by atoms with van der Waals surface area (Å²) in [5, 5.41) is 12.9. The molecule has 0 atom stereocenters. The highest BCUT2D eigenvalue weighted by atomic mass is 16.3. The molecule has 0 bridgehead atoms. The van der Waals surface area contributed by atoms with E-state index in [1.807, 2.05) is 14.0 Å². The van der Waals surface area contributed by atoms with E-state index in [9.17, 15) is 9.90 Å². The number of carbonyl (C=O) groups excluding carboxylic acids is 1. The minimum Gasteiger partial charge on any atom is -0.508 e. The molecule has 0 unspecified atom stereocenters. The van der Waals surface area contributed by atoms with Crippen molar-refractivity contribution in [1.29, 1.82) is 0 Å². The number of hydrogen-bond acceptors (Lipinski definition) is 3. The second kappa shape index (κ2) is 5.40. The zero-order valence-corrected chi connectivity index (χ0v) is 10.9. The Kier molecular flexibility index (Phi) is 3.87. The third-order valence-corrected chi connectivity index (χ3v) is 3.63. The fourth-order valence-electron chi connectivity index (χ4n) is 2.31. The van der Waals surface area contributed by atoms with Crippen molar-refractivity contribution in [3.63, 3.8) is 0 Å². The maximum atomic E-state index is 12.3. The highest BCUT2D eigenvalue weighted by Gasteiger charge is 2.23. The molecule has 4 nitrogen and oxygen atoms in total. The molecule has 1 heterocycles. The van der Waals surface area contributed by atoms with Gasteiger partial charge in [-0.15, -0.1) is 0 Å². The molecule has 0 saturated carbocycles. The first-order chi connectivity index (χ1) is 8.59. The number of nitrogens with one attached hydrogen (secondary N) is 1. The van der Waals surface area contributed by atoms with E-state index in [1.54, 1.807) is 23.1 Å². The predicted octanol–water partition coefficient (Wildman–Crippen LogP) is 1.52. The van der Waals surface area contributed by atoms with Crippen LogP contribution in [0, 0.1) is 6.92 Å². The first-order valence-corrected chi connectivity index (χ1v) is 6.37. The molecule has 1 aliphatic rings. The molecule has 4 heteroatoms. The smallest absolute Gasteiger partial charge is 0.253 e. The summed E-state index contributed by atoms with van der Waals surface area (Å²) in [6.45, 7) is 3.74. The Morgan fingerprint density at radius 2 is 2.06 bits per heavy atom. The Morgan fingerprint density at radius 1 is 1.39 bits per heavy atom. The van der Waals surface area contributed by atoms with E-state index in [1.165, 1.54) is 0 Å². The fourth-order valence-corrected chi connectivity index (χ4v) is 2.31. The number of aryl methyl sites for hydroxylation is 1. The molecule has 1 aliphatic heterocycles. The van der Waals surface area contributed by atoms with E-state index in [4.69, 9.17) is 0 Å². The van der Waals surface area contributed by atoms with E-state index in [0.717, 1.165) is 31.5 Å². The van der Waals surface area contributed by atoms with Gasteiger partial charge in [0.2, 0.25) is 0 Å². The van der Waals surface area contributed by atoms with Crippen LogP contribution < -0.4 is 5.32 Å². The Morgan fingerprint density at radius 3 is 2.67 bits per heavy atom. The quantitative estimate of drug-likeness (QED) is 0.834. The standard InChI is InChI=1S/C14H20N2O2/c1-10-3-4-11(9-13(10)17)14(18)16(2)12-5-7-15-8-6-12/h3-4,9,12,15,17H,5-8H2,1-2H3. The normalized spacial score (nSPS) is 16.6. The zero-order chi connectivity index (χ0) is 13.1. The van der Waals surface area contributed by atoms with Crippen molar-refractivity contribution in [2.24, 2.45) is 0 Å². The highest BCUT2D eigenvalue weighted by Crippen LogP contribution is 2.20. The number of benzene rings is 1. The summed E-state index contributed by atoms with van der Waals surface area (Å²) in [7, 11) is 1.84. The van der Waals surface area contributed by atoms with Gasteiger partial charge >= 0.3 is 0 Å². The van der Waals surface area contributed by atoms with Gasteiger partial charge in [-0.1, -0.05) is 6.07 Å². The number of nitrogens with zero attached hydrogens (tertiary/aromatic N) is 1.